The fourth-order valence-corrected chi connectivity index (χ4v) is 1.24. The number of hydrogen-bond donors (Lipinski definition) is 2. The predicted molar refractivity (Wildman–Crippen MR) is 47.8 cm³/mol. The highest BCUT2D eigenvalue weighted by Crippen LogP contribution is 2.05. The molecule has 0 saturated heterocycles. The molecule has 0 spiro atoms. The Balaban J connectivity index is 2.69. The Labute approximate surface area is 70.3 Å². The van der Waals surface area contributed by atoms with Crippen molar-refractivity contribution in [2.75, 3.05) is 13.1 Å². The Kier molecular flexibility index (Phi) is 9.85. The lowest BCUT2D eigenvalue weighted by Crippen LogP contribution is -2.50. The second-order valence-corrected chi connectivity index (χ2v) is 3.18. The topological polar surface area (TPSA) is 55.3 Å². The van der Waals surface area contributed by atoms with Gasteiger partial charge in [-0.2, -0.15) is 0 Å². The molecular weight excluding hydrogens is 136 g/mol. The fraction of sp³-hybridized carbons (Fsp3) is 1.00. The van der Waals surface area contributed by atoms with Crippen molar-refractivity contribution in [3.8, 4) is 0 Å². The predicted octanol–water partition coefficient (Wildman–Crippen LogP) is 0.201. The van der Waals surface area contributed by atoms with Crippen molar-refractivity contribution in [2.24, 2.45) is 0 Å². The molecule has 0 bridgehead atoms. The summed E-state index contributed by atoms with van der Waals surface area (Å²) in [5, 5.41) is 0. The molecule has 0 radical (unpaired) electrons. The van der Waals surface area contributed by atoms with Crippen LogP contribution in [0, 0.1) is 0 Å². The molecule has 2 nitrogen and oxygen atoms in total. The van der Waals surface area contributed by atoms with Gasteiger partial charge in [0.2, 0.25) is 0 Å². The first-order valence-corrected chi connectivity index (χ1v) is 5.00. The third-order valence-electron chi connectivity index (χ3n) is 2.00. The van der Waals surface area contributed by atoms with Gasteiger partial charge < -0.3 is 11.5 Å². The number of rotatable bonds is 8. The largest absolute Gasteiger partial charge is 0.358 e. The Morgan fingerprint density at radius 2 is 0.727 bits per heavy atom. The summed E-state index contributed by atoms with van der Waals surface area (Å²) in [6.45, 7) is 2.22. The summed E-state index contributed by atoms with van der Waals surface area (Å²) in [4.78, 5) is 0. The normalized spacial score (nSPS) is 10.4. The van der Waals surface area contributed by atoms with Crippen molar-refractivity contribution in [2.45, 2.75) is 44.9 Å². The Bertz CT molecular complexity index is 56.6. The summed E-state index contributed by atoms with van der Waals surface area (Å²) in [6.07, 6.45) is 9.63. The first kappa shape index (κ1) is 10.9. The van der Waals surface area contributed by atoms with Crippen LogP contribution in [0.2, 0.25) is 0 Å². The van der Waals surface area contributed by atoms with Gasteiger partial charge in [0.15, 0.2) is 0 Å². The standard InChI is InChI=1S/C9H22N2/c10-8-6-4-2-1-3-5-7-9-11/h1-11H2/p+2. The van der Waals surface area contributed by atoms with Gasteiger partial charge in [-0.25, -0.2) is 0 Å². The SMILES string of the molecule is [NH3+]CCCCCCCCC[NH3+]. The molecule has 0 rings (SSSR count). The van der Waals surface area contributed by atoms with E-state index in [-0.39, 0.29) is 0 Å². The molecule has 0 fully saturated rings. The van der Waals surface area contributed by atoms with Crippen molar-refractivity contribution >= 4 is 0 Å². The van der Waals surface area contributed by atoms with Crippen molar-refractivity contribution in [3.05, 3.63) is 0 Å². The van der Waals surface area contributed by atoms with Gasteiger partial charge in [0.25, 0.3) is 0 Å². The van der Waals surface area contributed by atoms with Crippen LogP contribution in [0.1, 0.15) is 44.9 Å². The zero-order valence-electron chi connectivity index (χ0n) is 7.78. The van der Waals surface area contributed by atoms with Crippen LogP contribution in [-0.4, -0.2) is 13.1 Å². The molecule has 0 aromatic rings. The molecule has 11 heavy (non-hydrogen) atoms. The van der Waals surface area contributed by atoms with Gasteiger partial charge in [-0.1, -0.05) is 19.3 Å². The summed E-state index contributed by atoms with van der Waals surface area (Å²) < 4.78 is 0. The van der Waals surface area contributed by atoms with Gasteiger partial charge in [-0.15, -0.1) is 0 Å². The lowest BCUT2D eigenvalue weighted by Gasteiger charge is -1.97. The molecule has 6 N–H and O–H groups in total. The van der Waals surface area contributed by atoms with Crippen molar-refractivity contribution in [1.29, 1.82) is 0 Å². The maximum absolute atomic E-state index is 3.82. The second-order valence-electron chi connectivity index (χ2n) is 3.18. The van der Waals surface area contributed by atoms with Gasteiger partial charge in [0, 0.05) is 0 Å². The van der Waals surface area contributed by atoms with E-state index in [1.54, 1.807) is 0 Å². The monoisotopic (exact) mass is 160 g/mol. The summed E-state index contributed by atoms with van der Waals surface area (Å²) in [5.74, 6) is 0. The maximum atomic E-state index is 3.82. The Morgan fingerprint density at radius 1 is 0.455 bits per heavy atom. The maximum Gasteiger partial charge on any atom is 0.0739 e. The smallest absolute Gasteiger partial charge is 0.0739 e. The zero-order chi connectivity index (χ0) is 8.36. The minimum atomic E-state index is 1.11. The van der Waals surface area contributed by atoms with Gasteiger partial charge >= 0.3 is 0 Å². The highest BCUT2D eigenvalue weighted by Gasteiger charge is 1.90. The summed E-state index contributed by atoms with van der Waals surface area (Å²) in [7, 11) is 0. The third-order valence-corrected chi connectivity index (χ3v) is 2.00. The Hall–Kier alpha value is -0.0800. The summed E-state index contributed by atoms with van der Waals surface area (Å²) in [6, 6.07) is 0. The molecular formula is C9H24N2+2. The van der Waals surface area contributed by atoms with Crippen molar-refractivity contribution in [3.63, 3.8) is 0 Å². The van der Waals surface area contributed by atoms with E-state index >= 15 is 0 Å². The van der Waals surface area contributed by atoms with Crippen LogP contribution in [0.5, 0.6) is 0 Å². The fourth-order valence-electron chi connectivity index (χ4n) is 1.24. The first-order chi connectivity index (χ1) is 5.41. The van der Waals surface area contributed by atoms with E-state index in [0.29, 0.717) is 0 Å². The highest BCUT2D eigenvalue weighted by molar-refractivity contribution is 4.44. The zero-order valence-corrected chi connectivity index (χ0v) is 7.78. The van der Waals surface area contributed by atoms with Gasteiger partial charge in [-0.3, -0.25) is 0 Å². The van der Waals surface area contributed by atoms with E-state index in [9.17, 15) is 0 Å². The van der Waals surface area contributed by atoms with Crippen LogP contribution in [-0.2, 0) is 0 Å². The van der Waals surface area contributed by atoms with Gasteiger partial charge in [-0.05, 0) is 25.7 Å². The number of unbranched alkanes of at least 4 members (excludes halogenated alkanes) is 6. The van der Waals surface area contributed by atoms with Crippen LogP contribution >= 0.6 is 0 Å². The van der Waals surface area contributed by atoms with Crippen molar-refractivity contribution < 1.29 is 11.5 Å². The van der Waals surface area contributed by atoms with Crippen LogP contribution in [0.15, 0.2) is 0 Å². The van der Waals surface area contributed by atoms with Crippen LogP contribution < -0.4 is 11.5 Å². The molecule has 0 unspecified atom stereocenters. The van der Waals surface area contributed by atoms with Crippen LogP contribution in [0.4, 0.5) is 0 Å². The number of quaternary nitrogens is 2. The Morgan fingerprint density at radius 3 is 1.00 bits per heavy atom. The van der Waals surface area contributed by atoms with Crippen LogP contribution in [0.25, 0.3) is 0 Å². The molecule has 0 heterocycles. The second kappa shape index (κ2) is 9.92. The van der Waals surface area contributed by atoms with E-state index in [4.69, 9.17) is 0 Å². The van der Waals surface area contributed by atoms with E-state index in [1.165, 1.54) is 44.9 Å². The summed E-state index contributed by atoms with van der Waals surface area (Å²) >= 11 is 0. The van der Waals surface area contributed by atoms with Crippen LogP contribution in [0.3, 0.4) is 0 Å². The van der Waals surface area contributed by atoms with E-state index in [1.807, 2.05) is 0 Å². The quantitative estimate of drug-likeness (QED) is 0.477. The minimum absolute atomic E-state index is 1.11. The lowest BCUT2D eigenvalue weighted by atomic mass is 10.1. The molecule has 2 heteroatoms. The third kappa shape index (κ3) is 9.92. The van der Waals surface area contributed by atoms with E-state index < -0.39 is 0 Å². The molecule has 0 aliphatic heterocycles. The molecule has 68 valence electrons. The molecule has 0 aliphatic rings. The lowest BCUT2D eigenvalue weighted by molar-refractivity contribution is -0.368. The van der Waals surface area contributed by atoms with Gasteiger partial charge in [0.05, 0.1) is 13.1 Å². The highest BCUT2D eigenvalue weighted by atomic mass is 14.5. The van der Waals surface area contributed by atoms with Gasteiger partial charge in [0.1, 0.15) is 0 Å². The number of hydrogen-bond acceptors (Lipinski definition) is 0. The average molecular weight is 160 g/mol. The molecule has 0 atom stereocenters. The molecule has 0 aliphatic carbocycles. The van der Waals surface area contributed by atoms with E-state index in [2.05, 4.69) is 11.5 Å². The average Bonchev–Trinajstić information content (AvgIpc) is 2.03. The summed E-state index contributed by atoms with van der Waals surface area (Å²) in [5.41, 5.74) is 7.65. The molecule has 0 amide bonds. The molecule has 0 saturated carbocycles. The molecule has 0 aromatic carbocycles. The molecule has 0 aromatic heterocycles. The van der Waals surface area contributed by atoms with E-state index in [0.717, 1.165) is 13.1 Å². The van der Waals surface area contributed by atoms with Crippen molar-refractivity contribution in [1.82, 2.24) is 0 Å². The first-order valence-electron chi connectivity index (χ1n) is 5.00. The minimum Gasteiger partial charge on any atom is -0.358 e.